The Morgan fingerprint density at radius 3 is 2.87 bits per heavy atom. The van der Waals surface area contributed by atoms with Crippen molar-refractivity contribution in [3.63, 3.8) is 0 Å². The van der Waals surface area contributed by atoms with Gasteiger partial charge in [0.05, 0.1) is 18.8 Å². The van der Waals surface area contributed by atoms with Crippen molar-refractivity contribution in [2.75, 3.05) is 24.7 Å². The highest BCUT2D eigenvalue weighted by Crippen LogP contribution is 2.37. The minimum absolute atomic E-state index is 0.0680. The number of aromatic amines is 1. The largest absolute Gasteiger partial charge is 0.441 e. The van der Waals surface area contributed by atoms with Crippen LogP contribution in [0.2, 0.25) is 0 Å². The zero-order valence-corrected chi connectivity index (χ0v) is 16.5. The van der Waals surface area contributed by atoms with Crippen LogP contribution in [0.25, 0.3) is 22.6 Å². The maximum Gasteiger partial charge on any atom is 0.414 e. The second-order valence-corrected chi connectivity index (χ2v) is 8.41. The molecule has 11 nitrogen and oxygen atoms in total. The molecule has 0 radical (unpaired) electrons. The quantitative estimate of drug-likeness (QED) is 0.558. The van der Waals surface area contributed by atoms with Gasteiger partial charge >= 0.3 is 13.7 Å². The zero-order chi connectivity index (χ0) is 21.3. The highest BCUT2D eigenvalue weighted by molar-refractivity contribution is 7.51. The van der Waals surface area contributed by atoms with Crippen LogP contribution in [0.5, 0.6) is 0 Å². The van der Waals surface area contributed by atoms with Crippen LogP contribution in [0, 0.1) is 5.82 Å². The zero-order valence-electron chi connectivity index (χ0n) is 15.6. The molecule has 1 fully saturated rings. The average Bonchev–Trinajstić information content (AvgIpc) is 3.36. The van der Waals surface area contributed by atoms with Crippen LogP contribution in [0.1, 0.15) is 0 Å². The van der Waals surface area contributed by atoms with E-state index >= 15 is 0 Å². The Morgan fingerprint density at radius 1 is 1.40 bits per heavy atom. The van der Waals surface area contributed by atoms with Crippen molar-refractivity contribution in [1.82, 2.24) is 25.6 Å². The molecule has 30 heavy (non-hydrogen) atoms. The summed E-state index contributed by atoms with van der Waals surface area (Å²) in [5, 5.41) is 13.5. The Labute approximate surface area is 169 Å². The van der Waals surface area contributed by atoms with Gasteiger partial charge in [-0.2, -0.15) is 5.21 Å². The van der Waals surface area contributed by atoms with Crippen molar-refractivity contribution >= 4 is 19.4 Å². The van der Waals surface area contributed by atoms with Crippen molar-refractivity contribution < 1.29 is 27.9 Å². The number of carbonyl (C=O) groups is 1. The number of halogens is 1. The fraction of sp³-hybridized carbons (Fsp3) is 0.235. The first-order chi connectivity index (χ1) is 14.3. The molecule has 0 saturated carbocycles. The first-order valence-electron chi connectivity index (χ1n) is 8.73. The number of ether oxygens (including phenoxy) is 1. The molecule has 0 bridgehead atoms. The summed E-state index contributed by atoms with van der Waals surface area (Å²) in [6.07, 6.45) is 0.0624. The van der Waals surface area contributed by atoms with E-state index < -0.39 is 25.6 Å². The second kappa shape index (κ2) is 7.90. The third-order valence-electron chi connectivity index (χ3n) is 4.29. The molecule has 3 heterocycles. The first kappa shape index (κ1) is 20.1. The van der Waals surface area contributed by atoms with E-state index in [0.717, 1.165) is 6.66 Å². The van der Waals surface area contributed by atoms with E-state index in [1.54, 1.807) is 18.2 Å². The van der Waals surface area contributed by atoms with E-state index in [4.69, 9.17) is 9.26 Å². The molecule has 13 heteroatoms. The number of cyclic esters (lactones) is 1. The van der Waals surface area contributed by atoms with Crippen molar-refractivity contribution in [2.24, 2.45) is 0 Å². The summed E-state index contributed by atoms with van der Waals surface area (Å²) < 4.78 is 35.9. The molecule has 1 aliphatic rings. The van der Waals surface area contributed by atoms with Crippen molar-refractivity contribution in [3.8, 4) is 22.6 Å². The van der Waals surface area contributed by atoms with Gasteiger partial charge in [-0.15, -0.1) is 10.2 Å². The minimum atomic E-state index is -3.69. The predicted molar refractivity (Wildman–Crippen MR) is 102 cm³/mol. The molecule has 156 valence electrons. The third-order valence-corrected chi connectivity index (χ3v) is 4.92. The van der Waals surface area contributed by atoms with E-state index in [1.807, 2.05) is 0 Å². The van der Waals surface area contributed by atoms with Gasteiger partial charge in [-0.1, -0.05) is 6.07 Å². The van der Waals surface area contributed by atoms with Crippen LogP contribution >= 0.6 is 7.60 Å². The number of H-pyrrole nitrogens is 1. The lowest BCUT2D eigenvalue weighted by molar-refractivity contribution is 0.100. The maximum atomic E-state index is 14.8. The number of anilines is 1. The number of nitrogens with zero attached hydrogens (tertiary/aromatic N) is 5. The fourth-order valence-electron chi connectivity index (χ4n) is 2.90. The number of rotatable bonds is 6. The molecule has 1 saturated heterocycles. The molecule has 2 aromatic heterocycles. The summed E-state index contributed by atoms with van der Waals surface area (Å²) in [4.78, 5) is 26.7. The van der Waals surface area contributed by atoms with Gasteiger partial charge in [0.1, 0.15) is 17.6 Å². The molecule has 1 unspecified atom stereocenters. The van der Waals surface area contributed by atoms with Gasteiger partial charge < -0.3 is 14.2 Å². The Kier molecular flexibility index (Phi) is 5.29. The van der Waals surface area contributed by atoms with Gasteiger partial charge in [0.15, 0.2) is 0 Å². The lowest BCUT2D eigenvalue weighted by atomic mass is 10.1. The first-order valence-corrected chi connectivity index (χ1v) is 10.8. The average molecular weight is 434 g/mol. The Morgan fingerprint density at radius 2 is 2.23 bits per heavy atom. The van der Waals surface area contributed by atoms with Crippen molar-refractivity contribution in [1.29, 1.82) is 0 Å². The molecule has 0 aliphatic carbocycles. The number of pyridine rings is 1. The summed E-state index contributed by atoms with van der Waals surface area (Å²) in [7, 11) is -3.69. The van der Waals surface area contributed by atoms with E-state index in [1.165, 1.54) is 23.2 Å². The van der Waals surface area contributed by atoms with E-state index in [9.17, 15) is 18.6 Å². The lowest BCUT2D eigenvalue weighted by Gasteiger charge is -2.14. The second-order valence-electron chi connectivity index (χ2n) is 6.55. The van der Waals surface area contributed by atoms with E-state index in [0.29, 0.717) is 28.3 Å². The van der Waals surface area contributed by atoms with Crippen LogP contribution in [-0.4, -0.2) is 62.5 Å². The Bertz CT molecular complexity index is 1100. The predicted octanol–water partition coefficient (Wildman–Crippen LogP) is 2.22. The molecule has 2 N–H and O–H groups in total. The van der Waals surface area contributed by atoms with Gasteiger partial charge in [0.2, 0.25) is 5.82 Å². The van der Waals surface area contributed by atoms with Gasteiger partial charge in [-0.3, -0.25) is 14.4 Å². The van der Waals surface area contributed by atoms with Crippen LogP contribution in [-0.2, 0) is 13.8 Å². The smallest absolute Gasteiger partial charge is 0.414 e. The van der Waals surface area contributed by atoms with Gasteiger partial charge in [0.25, 0.3) is 0 Å². The van der Waals surface area contributed by atoms with E-state index in [-0.39, 0.29) is 13.2 Å². The van der Waals surface area contributed by atoms with Crippen LogP contribution in [0.3, 0.4) is 0 Å². The summed E-state index contributed by atoms with van der Waals surface area (Å²) in [6.45, 7) is 0.878. The molecule has 1 aromatic carbocycles. The third kappa shape index (κ3) is 4.35. The molecule has 0 spiro atoms. The highest BCUT2D eigenvalue weighted by atomic mass is 31.2. The minimum Gasteiger partial charge on any atom is -0.441 e. The standard InChI is InChI=1S/C17H16FN6O5P/c1-30(26,27)28-9-12-8-24(17(25)29-12)11-3-4-13(14(18)6-11)10-2-5-15(19-7-10)16-20-22-23-21-16/h2-7,12H,8-9H2,1H3,(H,26,27)(H,20,21,22,23)/t12-/m1/s1. The Balaban J connectivity index is 1.49. The van der Waals surface area contributed by atoms with Crippen LogP contribution in [0.4, 0.5) is 14.9 Å². The number of hydrogen-bond donors (Lipinski definition) is 2. The number of hydrogen-bond acceptors (Lipinski definition) is 8. The molecular weight excluding hydrogens is 418 g/mol. The number of tetrazole rings is 1. The fourth-order valence-corrected chi connectivity index (χ4v) is 3.35. The van der Waals surface area contributed by atoms with Crippen LogP contribution < -0.4 is 4.90 Å². The summed E-state index contributed by atoms with van der Waals surface area (Å²) >= 11 is 0. The number of amides is 1. The summed E-state index contributed by atoms with van der Waals surface area (Å²) in [6, 6.07) is 7.63. The number of nitrogens with one attached hydrogen (secondary N) is 1. The molecule has 1 amide bonds. The molecule has 4 rings (SSSR count). The molecular formula is C17H16FN6O5P. The van der Waals surface area contributed by atoms with Gasteiger partial charge in [-0.25, -0.2) is 9.18 Å². The number of benzene rings is 1. The Hall–Kier alpha value is -3.21. The van der Waals surface area contributed by atoms with Crippen LogP contribution in [0.15, 0.2) is 36.5 Å². The van der Waals surface area contributed by atoms with Crippen molar-refractivity contribution in [2.45, 2.75) is 6.10 Å². The van der Waals surface area contributed by atoms with Gasteiger partial charge in [-0.05, 0) is 29.5 Å². The van der Waals surface area contributed by atoms with Crippen molar-refractivity contribution in [3.05, 3.63) is 42.3 Å². The molecule has 2 atom stereocenters. The summed E-state index contributed by atoms with van der Waals surface area (Å²) in [5.41, 5.74) is 1.61. The normalized spacial score (nSPS) is 18.3. The number of aromatic nitrogens is 5. The lowest BCUT2D eigenvalue weighted by Crippen LogP contribution is -2.25. The van der Waals surface area contributed by atoms with Gasteiger partial charge in [0, 0.05) is 24.0 Å². The topological polar surface area (TPSA) is 143 Å². The summed E-state index contributed by atoms with van der Waals surface area (Å²) in [5.74, 6) is -0.230. The molecule has 1 aliphatic heterocycles. The number of carbonyl (C=O) groups excluding carboxylic acids is 1. The molecule has 3 aromatic rings. The SMILES string of the molecule is CP(=O)(O)OC[C@H]1CN(c2ccc(-c3ccc(-c4nn[nH]n4)nc3)c(F)c2)C(=O)O1. The monoisotopic (exact) mass is 434 g/mol. The highest BCUT2D eigenvalue weighted by Gasteiger charge is 2.34. The van der Waals surface area contributed by atoms with E-state index in [2.05, 4.69) is 25.6 Å². The maximum absolute atomic E-state index is 14.8.